The zero-order valence-corrected chi connectivity index (χ0v) is 17.4. The van der Waals surface area contributed by atoms with E-state index in [0.29, 0.717) is 10.9 Å². The van der Waals surface area contributed by atoms with Gasteiger partial charge < -0.3 is 21.1 Å². The fourth-order valence-electron chi connectivity index (χ4n) is 2.74. The van der Waals surface area contributed by atoms with Gasteiger partial charge in [-0.2, -0.15) is 13.2 Å². The van der Waals surface area contributed by atoms with Gasteiger partial charge in [-0.05, 0) is 36.4 Å². The van der Waals surface area contributed by atoms with Crippen molar-refractivity contribution in [2.45, 2.75) is 6.18 Å². The lowest BCUT2D eigenvalue weighted by molar-refractivity contribution is -0.137. The molecule has 12 heteroatoms. The molecule has 0 atom stereocenters. The summed E-state index contributed by atoms with van der Waals surface area (Å²) in [6.45, 7) is 0. The van der Waals surface area contributed by atoms with Crippen LogP contribution in [-0.2, 0) is 6.18 Å². The Hall–Kier alpha value is -3.31. The second-order valence-corrected chi connectivity index (χ2v) is 7.72. The highest BCUT2D eigenvalue weighted by atomic mass is 35.5. The third-order valence-electron chi connectivity index (χ3n) is 4.24. The molecule has 0 unspecified atom stereocenters. The van der Waals surface area contributed by atoms with E-state index in [2.05, 4.69) is 25.6 Å². The summed E-state index contributed by atoms with van der Waals surface area (Å²) in [5.41, 5.74) is 6.17. The van der Waals surface area contributed by atoms with E-state index in [1.807, 2.05) is 12.1 Å². The number of nitrogens with zero attached hydrogens (tertiary/aromatic N) is 3. The quantitative estimate of drug-likeness (QED) is 0.340. The lowest BCUT2D eigenvalue weighted by atomic mass is 10.2. The minimum atomic E-state index is -4.59. The predicted octanol–water partition coefficient (Wildman–Crippen LogP) is 5.84. The van der Waals surface area contributed by atoms with Gasteiger partial charge in [0.1, 0.15) is 17.8 Å². The van der Waals surface area contributed by atoms with Gasteiger partial charge >= 0.3 is 6.18 Å². The number of alkyl halides is 3. The van der Waals surface area contributed by atoms with Crippen molar-refractivity contribution < 1.29 is 17.9 Å². The Kier molecular flexibility index (Phi) is 5.46. The Morgan fingerprint density at radius 1 is 1.06 bits per heavy atom. The average Bonchev–Trinajstić information content (AvgIpc) is 3.13. The highest BCUT2D eigenvalue weighted by Crippen LogP contribution is 2.38. The summed E-state index contributed by atoms with van der Waals surface area (Å²) >= 11 is 7.03. The van der Waals surface area contributed by atoms with Crippen LogP contribution < -0.4 is 21.1 Å². The second kappa shape index (κ2) is 8.08. The van der Waals surface area contributed by atoms with Gasteiger partial charge in [0.2, 0.25) is 0 Å². The van der Waals surface area contributed by atoms with Gasteiger partial charge in [-0.3, -0.25) is 0 Å². The van der Waals surface area contributed by atoms with Gasteiger partial charge in [-0.25, -0.2) is 15.0 Å². The van der Waals surface area contributed by atoms with Crippen LogP contribution in [0.5, 0.6) is 5.75 Å². The minimum Gasteiger partial charge on any atom is -0.497 e. The molecule has 0 amide bonds. The average molecular weight is 467 g/mol. The van der Waals surface area contributed by atoms with E-state index in [9.17, 15) is 13.2 Å². The fourth-order valence-corrected chi connectivity index (χ4v) is 3.86. The number of halogens is 4. The summed E-state index contributed by atoms with van der Waals surface area (Å²) in [6.07, 6.45) is -3.35. The molecule has 0 radical (unpaired) electrons. The summed E-state index contributed by atoms with van der Waals surface area (Å²) in [4.78, 5) is 12.6. The number of ether oxygens (including phenoxy) is 1. The summed E-state index contributed by atoms with van der Waals surface area (Å²) in [5, 5.41) is 5.92. The summed E-state index contributed by atoms with van der Waals surface area (Å²) in [5.74, 6) is 1.10. The fraction of sp³-hybridized carbons (Fsp3) is 0.105. The SMILES string of the molecule is COc1ccc2nc(Nc3ncnc(Nc4ccc(Cl)c(C(F)(F)F)c4)c3N)sc2c1. The summed E-state index contributed by atoms with van der Waals surface area (Å²) in [7, 11) is 1.58. The Morgan fingerprint density at radius 3 is 2.52 bits per heavy atom. The zero-order valence-electron chi connectivity index (χ0n) is 15.8. The van der Waals surface area contributed by atoms with E-state index in [-0.39, 0.29) is 23.0 Å². The summed E-state index contributed by atoms with van der Waals surface area (Å²) in [6, 6.07) is 8.91. The third-order valence-corrected chi connectivity index (χ3v) is 5.50. The Labute approximate surface area is 183 Å². The molecule has 4 aromatic rings. The molecule has 0 bridgehead atoms. The zero-order chi connectivity index (χ0) is 22.2. The van der Waals surface area contributed by atoms with E-state index in [4.69, 9.17) is 22.1 Å². The molecule has 160 valence electrons. The van der Waals surface area contributed by atoms with Gasteiger partial charge in [-0.15, -0.1) is 0 Å². The maximum absolute atomic E-state index is 13.1. The van der Waals surface area contributed by atoms with Crippen LogP contribution in [0.15, 0.2) is 42.7 Å². The van der Waals surface area contributed by atoms with Crippen molar-refractivity contribution in [1.29, 1.82) is 0 Å². The van der Waals surface area contributed by atoms with Crippen LogP contribution in [0.2, 0.25) is 5.02 Å². The molecule has 0 saturated heterocycles. The molecular formula is C19H14ClF3N6OS. The maximum atomic E-state index is 13.1. The summed E-state index contributed by atoms with van der Waals surface area (Å²) < 4.78 is 45.4. The number of aromatic nitrogens is 3. The van der Waals surface area contributed by atoms with Gasteiger partial charge in [0, 0.05) is 5.69 Å². The van der Waals surface area contributed by atoms with Gasteiger partial charge in [-0.1, -0.05) is 22.9 Å². The topological polar surface area (TPSA) is 98.0 Å². The van der Waals surface area contributed by atoms with E-state index in [1.54, 1.807) is 13.2 Å². The normalized spacial score (nSPS) is 11.5. The monoisotopic (exact) mass is 466 g/mol. The van der Waals surface area contributed by atoms with Crippen molar-refractivity contribution in [1.82, 2.24) is 15.0 Å². The number of methoxy groups -OCH3 is 1. The molecule has 7 nitrogen and oxygen atoms in total. The van der Waals surface area contributed by atoms with E-state index >= 15 is 0 Å². The maximum Gasteiger partial charge on any atom is 0.417 e. The first-order valence-electron chi connectivity index (χ1n) is 8.70. The number of hydrogen-bond acceptors (Lipinski definition) is 8. The molecule has 0 fully saturated rings. The number of benzene rings is 2. The third kappa shape index (κ3) is 4.42. The van der Waals surface area contributed by atoms with Crippen LogP contribution in [0.1, 0.15) is 5.56 Å². The van der Waals surface area contributed by atoms with E-state index in [1.165, 1.54) is 23.7 Å². The number of nitrogens with two attached hydrogens (primary N) is 1. The Bertz CT molecular complexity index is 1260. The van der Waals surface area contributed by atoms with Crippen LogP contribution in [0.3, 0.4) is 0 Å². The standard InChI is InChI=1S/C19H14ClF3N6OS/c1-30-10-3-5-13-14(7-10)31-18(28-13)29-17-15(24)16(25-8-26-17)27-9-2-4-12(20)11(6-9)19(21,22)23/h2-8H,24H2,1H3,(H2,25,26,27,28,29). The largest absolute Gasteiger partial charge is 0.497 e. The second-order valence-electron chi connectivity index (χ2n) is 6.28. The first-order valence-corrected chi connectivity index (χ1v) is 9.90. The molecule has 0 spiro atoms. The molecule has 2 aromatic heterocycles. The first kappa shape index (κ1) is 20.9. The number of hydrogen-bond donors (Lipinski definition) is 3. The van der Waals surface area contributed by atoms with Crippen molar-refractivity contribution in [3.63, 3.8) is 0 Å². The molecular weight excluding hydrogens is 453 g/mol. The molecule has 31 heavy (non-hydrogen) atoms. The number of thiazole rings is 1. The Balaban J connectivity index is 1.60. The molecule has 2 heterocycles. The number of nitrogens with one attached hydrogen (secondary N) is 2. The van der Waals surface area contributed by atoms with Crippen molar-refractivity contribution in [2.75, 3.05) is 23.5 Å². The highest BCUT2D eigenvalue weighted by molar-refractivity contribution is 7.22. The lowest BCUT2D eigenvalue weighted by Gasteiger charge is -2.14. The van der Waals surface area contributed by atoms with Gasteiger partial charge in [0.05, 0.1) is 27.9 Å². The molecule has 0 aliphatic rings. The Morgan fingerprint density at radius 2 is 1.81 bits per heavy atom. The number of nitrogen functional groups attached to an aromatic ring is 1. The molecule has 2 aromatic carbocycles. The van der Waals surface area contributed by atoms with E-state index in [0.717, 1.165) is 22.3 Å². The van der Waals surface area contributed by atoms with Gasteiger partial charge in [0.15, 0.2) is 16.8 Å². The minimum absolute atomic E-state index is 0.114. The molecule has 4 N–H and O–H groups in total. The van der Waals surface area contributed by atoms with Crippen molar-refractivity contribution in [3.8, 4) is 5.75 Å². The van der Waals surface area contributed by atoms with E-state index < -0.39 is 16.8 Å². The number of anilines is 5. The molecule has 4 rings (SSSR count). The van der Waals surface area contributed by atoms with Crippen LogP contribution >= 0.6 is 22.9 Å². The lowest BCUT2D eigenvalue weighted by Crippen LogP contribution is -2.08. The van der Waals surface area contributed by atoms with Gasteiger partial charge in [0.25, 0.3) is 0 Å². The molecule has 0 saturated carbocycles. The van der Waals surface area contributed by atoms with Crippen molar-refractivity contribution >= 4 is 61.3 Å². The van der Waals surface area contributed by atoms with Crippen LogP contribution in [0.25, 0.3) is 10.2 Å². The number of rotatable bonds is 5. The van der Waals surface area contributed by atoms with Crippen LogP contribution in [0.4, 0.5) is 41.3 Å². The van der Waals surface area contributed by atoms with Crippen LogP contribution in [-0.4, -0.2) is 22.1 Å². The molecule has 0 aliphatic carbocycles. The number of fused-ring (bicyclic) bond motifs is 1. The van der Waals surface area contributed by atoms with Crippen molar-refractivity contribution in [3.05, 3.63) is 53.3 Å². The molecule has 0 aliphatic heterocycles. The first-order chi connectivity index (χ1) is 14.7. The predicted molar refractivity (Wildman–Crippen MR) is 116 cm³/mol. The smallest absolute Gasteiger partial charge is 0.417 e. The highest BCUT2D eigenvalue weighted by Gasteiger charge is 2.33. The van der Waals surface area contributed by atoms with Crippen LogP contribution in [0, 0.1) is 0 Å². The van der Waals surface area contributed by atoms with Crippen molar-refractivity contribution in [2.24, 2.45) is 0 Å².